The Morgan fingerprint density at radius 3 is 1.78 bits per heavy atom. The minimum Gasteiger partial charge on any atom is -0.497 e. The molecule has 0 spiro atoms. The number of ether oxygens (including phenoxy) is 3. The van der Waals surface area contributed by atoms with E-state index in [0.29, 0.717) is 50.6 Å². The van der Waals surface area contributed by atoms with Gasteiger partial charge in [0.1, 0.15) is 22.1 Å². The molecule has 13 nitrogen and oxygen atoms in total. The molecule has 60 heavy (non-hydrogen) atoms. The fraction of sp³-hybridized carbons (Fsp3) is 0.262. The van der Waals surface area contributed by atoms with Crippen LogP contribution in [-0.4, -0.2) is 75.0 Å². The van der Waals surface area contributed by atoms with Crippen LogP contribution in [0.15, 0.2) is 108 Å². The van der Waals surface area contributed by atoms with E-state index in [9.17, 15) is 8.42 Å². The van der Waals surface area contributed by atoms with Crippen LogP contribution in [0, 0.1) is 0 Å². The van der Waals surface area contributed by atoms with E-state index < -0.39 is 48.4 Å². The van der Waals surface area contributed by atoms with Crippen LogP contribution in [-0.2, 0) is 63.0 Å². The molecule has 0 amide bonds. The number of alkyl halides is 3. The first-order valence-corrected chi connectivity index (χ1v) is 21.7. The second kappa shape index (κ2) is 17.0. The predicted molar refractivity (Wildman–Crippen MR) is 215 cm³/mol. The van der Waals surface area contributed by atoms with Gasteiger partial charge in [0.25, 0.3) is 10.1 Å². The Balaban J connectivity index is 1.49. The average Bonchev–Trinajstić information content (AvgIpc) is 3.86. The number of sulfonamides is 1. The fourth-order valence-corrected chi connectivity index (χ4v) is 9.77. The third-order valence-corrected chi connectivity index (χ3v) is 12.6. The van der Waals surface area contributed by atoms with Crippen molar-refractivity contribution in [3.05, 3.63) is 137 Å². The number of hydrogen-bond acceptors (Lipinski definition) is 11. The van der Waals surface area contributed by atoms with Crippen LogP contribution in [0.3, 0.4) is 0 Å². The summed E-state index contributed by atoms with van der Waals surface area (Å²) in [6.07, 6.45) is -4.75. The predicted octanol–water partition coefficient (Wildman–Crippen LogP) is 6.93. The number of hydrogen-bond donors (Lipinski definition) is 0. The Morgan fingerprint density at radius 1 is 0.717 bits per heavy atom. The molecule has 0 N–H and O–H groups in total. The Bertz CT molecular complexity index is 2660. The summed E-state index contributed by atoms with van der Waals surface area (Å²) in [5, 5.41) is 12.2. The summed E-state index contributed by atoms with van der Waals surface area (Å²) in [4.78, 5) is -1.06. The number of methoxy groups -OCH3 is 3. The van der Waals surface area contributed by atoms with Gasteiger partial charge in [0.05, 0.1) is 45.8 Å². The zero-order valence-corrected chi connectivity index (χ0v) is 34.5. The molecule has 5 aromatic carbocycles. The Morgan fingerprint density at radius 2 is 1.27 bits per heavy atom. The first kappa shape index (κ1) is 42.3. The normalized spacial score (nSPS) is 14.3. The molecule has 1 aliphatic rings. The summed E-state index contributed by atoms with van der Waals surface area (Å²) in [5.74, 6) is 1.31. The second-order valence-corrected chi connectivity index (χ2v) is 17.6. The van der Waals surface area contributed by atoms with Crippen molar-refractivity contribution < 1.29 is 48.4 Å². The summed E-state index contributed by atoms with van der Waals surface area (Å²) >= 11 is 0. The Hall–Kier alpha value is -5.82. The molecule has 0 fully saturated rings. The maximum Gasteiger partial charge on any atom is 0.417 e. The summed E-state index contributed by atoms with van der Waals surface area (Å²) < 4.78 is 125. The zero-order valence-electron chi connectivity index (χ0n) is 32.9. The van der Waals surface area contributed by atoms with E-state index in [1.807, 2.05) is 0 Å². The smallest absolute Gasteiger partial charge is 0.417 e. The van der Waals surface area contributed by atoms with Crippen LogP contribution in [0.4, 0.5) is 13.2 Å². The average molecular weight is 864 g/mol. The topological polar surface area (TPSA) is 152 Å². The number of benzene rings is 5. The van der Waals surface area contributed by atoms with Crippen molar-refractivity contribution in [2.75, 3.05) is 27.6 Å². The summed E-state index contributed by atoms with van der Waals surface area (Å²) in [7, 11) is -4.56. The maximum atomic E-state index is 15.5. The molecule has 0 bridgehead atoms. The Kier molecular flexibility index (Phi) is 12.0. The van der Waals surface area contributed by atoms with Gasteiger partial charge in [0.2, 0.25) is 10.0 Å². The van der Waals surface area contributed by atoms with E-state index in [1.165, 1.54) is 32.1 Å². The number of halogens is 3. The maximum absolute atomic E-state index is 15.5. The highest BCUT2D eigenvalue weighted by molar-refractivity contribution is 7.89. The van der Waals surface area contributed by atoms with Crippen molar-refractivity contribution in [2.45, 2.75) is 49.7 Å². The summed E-state index contributed by atoms with van der Waals surface area (Å²) in [5.41, 5.74) is 1.49. The van der Waals surface area contributed by atoms with Gasteiger partial charge >= 0.3 is 6.18 Å². The van der Waals surface area contributed by atoms with Gasteiger partial charge < -0.3 is 14.2 Å². The van der Waals surface area contributed by atoms with E-state index in [4.69, 9.17) is 18.4 Å². The zero-order chi connectivity index (χ0) is 42.8. The van der Waals surface area contributed by atoms with Crippen molar-refractivity contribution >= 4 is 20.1 Å². The lowest BCUT2D eigenvalue weighted by Crippen LogP contribution is -2.32. The fourth-order valence-electron chi connectivity index (χ4n) is 7.32. The Labute approximate surface area is 345 Å². The molecule has 0 saturated carbocycles. The lowest BCUT2D eigenvalue weighted by Gasteiger charge is -2.27. The molecule has 1 unspecified atom stereocenters. The number of nitrogens with zero attached hydrogens (tertiary/aromatic N) is 5. The first-order valence-electron chi connectivity index (χ1n) is 18.5. The van der Waals surface area contributed by atoms with Gasteiger partial charge in [-0.05, 0) is 91.8 Å². The van der Waals surface area contributed by atoms with Crippen molar-refractivity contribution in [2.24, 2.45) is 0 Å². The molecule has 314 valence electrons. The van der Waals surface area contributed by atoms with Crippen molar-refractivity contribution in [3.63, 3.8) is 0 Å². The van der Waals surface area contributed by atoms with E-state index >= 15 is 21.6 Å². The van der Waals surface area contributed by atoms with Gasteiger partial charge in [-0.1, -0.05) is 60.7 Å². The first-order chi connectivity index (χ1) is 28.6. The van der Waals surface area contributed by atoms with Crippen molar-refractivity contribution in [1.82, 2.24) is 24.5 Å². The molecular formula is C42H40F3N5O8S2. The number of aromatic nitrogens is 4. The highest BCUT2D eigenvalue weighted by Gasteiger charge is 2.43. The molecule has 7 rings (SSSR count). The van der Waals surface area contributed by atoms with E-state index in [2.05, 4.69) is 15.5 Å². The molecule has 0 saturated heterocycles. The summed E-state index contributed by atoms with van der Waals surface area (Å²) in [6, 6.07) is 27.0. The van der Waals surface area contributed by atoms with Crippen molar-refractivity contribution in [1.29, 1.82) is 0 Å². The van der Waals surface area contributed by atoms with E-state index in [1.54, 1.807) is 91.0 Å². The number of fused-ring (bicyclic) bond motifs is 1. The van der Waals surface area contributed by atoms with Gasteiger partial charge in [-0.25, -0.2) is 13.1 Å². The molecule has 6 aromatic rings. The number of rotatable bonds is 15. The van der Waals surface area contributed by atoms with Crippen molar-refractivity contribution in [3.8, 4) is 39.8 Å². The minimum absolute atomic E-state index is 0.0555. The molecule has 18 heteroatoms. The van der Waals surface area contributed by atoms with Crippen LogP contribution >= 0.6 is 0 Å². The monoisotopic (exact) mass is 863 g/mol. The quantitative estimate of drug-likeness (QED) is 0.0989. The van der Waals surface area contributed by atoms with Crippen LogP contribution in [0.5, 0.6) is 17.2 Å². The van der Waals surface area contributed by atoms with Crippen LogP contribution in [0.2, 0.25) is 0 Å². The van der Waals surface area contributed by atoms with Crippen LogP contribution in [0.1, 0.15) is 33.4 Å². The SMILES string of the molecule is COc1ccc(CN(Cc2ccc(OC)cc2)S(=O)(=O)c2c(C(F)(F)F)ccc(-c3cccc4c3CC(OS(C)(=O)=O)C4)c2-c2nnnn2Cc2ccc(OC)cc2)cc1. The van der Waals surface area contributed by atoms with Crippen LogP contribution < -0.4 is 14.2 Å². The lowest BCUT2D eigenvalue weighted by atomic mass is 9.91. The van der Waals surface area contributed by atoms with E-state index in [-0.39, 0.29) is 43.9 Å². The third kappa shape index (κ3) is 9.16. The highest BCUT2D eigenvalue weighted by Crippen LogP contribution is 2.47. The molecule has 1 aromatic heterocycles. The molecule has 1 heterocycles. The number of tetrazole rings is 1. The van der Waals surface area contributed by atoms with Gasteiger partial charge in [-0.2, -0.15) is 25.9 Å². The lowest BCUT2D eigenvalue weighted by molar-refractivity contribution is -0.139. The second-order valence-electron chi connectivity index (χ2n) is 14.1. The van der Waals surface area contributed by atoms with Gasteiger partial charge in [0.15, 0.2) is 5.82 Å². The van der Waals surface area contributed by atoms with Crippen LogP contribution in [0.25, 0.3) is 22.5 Å². The highest BCUT2D eigenvalue weighted by atomic mass is 32.2. The molecule has 1 aliphatic carbocycles. The largest absolute Gasteiger partial charge is 0.497 e. The van der Waals surface area contributed by atoms with Gasteiger partial charge in [0, 0.05) is 31.5 Å². The van der Waals surface area contributed by atoms with E-state index in [0.717, 1.165) is 16.6 Å². The minimum atomic E-state index is -5.18. The standard InChI is InChI=1S/C42H40F3N5O8S2/c1-55-31-14-8-27(9-15-31)24-49(25-28-10-16-32(56-2)17-11-28)60(53,54)40-38(42(43,44)45)21-20-36(35-7-5-6-30-22-34(23-37(30)35)58-59(4,51)52)39(40)41-46-47-48-50(41)26-29-12-18-33(57-3)19-13-29/h5-21,34H,22-26H2,1-4H3. The molecular weight excluding hydrogens is 824 g/mol. The summed E-state index contributed by atoms with van der Waals surface area (Å²) in [6.45, 7) is -0.719. The van der Waals surface area contributed by atoms with Gasteiger partial charge in [-0.3, -0.25) is 4.18 Å². The molecule has 1 atom stereocenters. The van der Waals surface area contributed by atoms with Gasteiger partial charge in [-0.15, -0.1) is 5.10 Å². The molecule has 0 aliphatic heterocycles. The molecule has 0 radical (unpaired) electrons. The third-order valence-electron chi connectivity index (χ3n) is 10.1.